The summed E-state index contributed by atoms with van der Waals surface area (Å²) in [6, 6.07) is 8.20. The van der Waals surface area contributed by atoms with E-state index in [2.05, 4.69) is 5.32 Å². The van der Waals surface area contributed by atoms with E-state index in [1.54, 1.807) is 29.6 Å². The third kappa shape index (κ3) is 5.16. The SMILES string of the molecule is CN(C)S(=O)(=O)c1ccsc1C(=O)Nc1ccc(OCCN)cc1.Cl. The van der Waals surface area contributed by atoms with E-state index in [4.69, 9.17) is 10.5 Å². The van der Waals surface area contributed by atoms with Gasteiger partial charge in [0.15, 0.2) is 0 Å². The van der Waals surface area contributed by atoms with Crippen molar-refractivity contribution in [2.24, 2.45) is 5.73 Å². The molecule has 2 rings (SSSR count). The summed E-state index contributed by atoms with van der Waals surface area (Å²) in [5.74, 6) is 0.173. The van der Waals surface area contributed by atoms with Crippen LogP contribution in [0.3, 0.4) is 0 Å². The highest BCUT2D eigenvalue weighted by Crippen LogP contribution is 2.25. The number of nitrogens with zero attached hydrogens (tertiary/aromatic N) is 1. The molecule has 0 radical (unpaired) electrons. The normalized spacial score (nSPS) is 11.0. The minimum atomic E-state index is -3.67. The number of hydrogen-bond donors (Lipinski definition) is 2. The topological polar surface area (TPSA) is 102 Å². The molecule has 1 aromatic carbocycles. The first-order chi connectivity index (χ1) is 11.4. The number of benzene rings is 1. The van der Waals surface area contributed by atoms with Gasteiger partial charge in [0.2, 0.25) is 10.0 Å². The van der Waals surface area contributed by atoms with E-state index in [-0.39, 0.29) is 22.2 Å². The molecule has 1 aromatic heterocycles. The van der Waals surface area contributed by atoms with Crippen LogP contribution in [0.25, 0.3) is 0 Å². The van der Waals surface area contributed by atoms with Crippen LogP contribution in [0.4, 0.5) is 5.69 Å². The molecule has 0 spiro atoms. The second kappa shape index (κ2) is 9.16. The standard InChI is InChI=1S/C15H19N3O4S2.ClH/c1-18(2)24(20,21)13-7-10-23-14(13)15(19)17-11-3-5-12(6-4-11)22-9-8-16;/h3-7,10H,8-9,16H2,1-2H3,(H,17,19);1H. The van der Waals surface area contributed by atoms with Crippen molar-refractivity contribution in [1.82, 2.24) is 4.31 Å². The van der Waals surface area contributed by atoms with Crippen LogP contribution in [0, 0.1) is 0 Å². The van der Waals surface area contributed by atoms with Crippen molar-refractivity contribution in [3.63, 3.8) is 0 Å². The number of carbonyl (C=O) groups is 1. The van der Waals surface area contributed by atoms with Crippen molar-refractivity contribution in [3.05, 3.63) is 40.6 Å². The van der Waals surface area contributed by atoms with Crippen LogP contribution in [0.2, 0.25) is 0 Å². The summed E-state index contributed by atoms with van der Waals surface area (Å²) in [6.07, 6.45) is 0. The Morgan fingerprint density at radius 3 is 2.44 bits per heavy atom. The van der Waals surface area contributed by atoms with Crippen molar-refractivity contribution in [3.8, 4) is 5.75 Å². The Hall–Kier alpha value is -1.65. The Kier molecular flexibility index (Phi) is 7.84. The Morgan fingerprint density at radius 2 is 1.88 bits per heavy atom. The molecule has 0 saturated heterocycles. The summed E-state index contributed by atoms with van der Waals surface area (Å²) in [7, 11) is -0.817. The first-order valence-electron chi connectivity index (χ1n) is 7.10. The zero-order chi connectivity index (χ0) is 17.7. The van der Waals surface area contributed by atoms with Gasteiger partial charge >= 0.3 is 0 Å². The van der Waals surface area contributed by atoms with Gasteiger partial charge in [0.1, 0.15) is 22.1 Å². The summed E-state index contributed by atoms with van der Waals surface area (Å²) in [4.78, 5) is 12.5. The van der Waals surface area contributed by atoms with Crippen LogP contribution in [0.15, 0.2) is 40.6 Å². The third-order valence-electron chi connectivity index (χ3n) is 3.09. The summed E-state index contributed by atoms with van der Waals surface area (Å²) in [5, 5.41) is 4.27. The number of rotatable bonds is 7. The maximum atomic E-state index is 12.4. The monoisotopic (exact) mass is 405 g/mol. The Balaban J connectivity index is 0.00000312. The van der Waals surface area contributed by atoms with Crippen LogP contribution in [-0.2, 0) is 10.0 Å². The molecule has 0 aliphatic rings. The van der Waals surface area contributed by atoms with Gasteiger partial charge in [-0.05, 0) is 35.7 Å². The number of amides is 1. The summed E-state index contributed by atoms with van der Waals surface area (Å²) in [5.41, 5.74) is 5.91. The molecule has 3 N–H and O–H groups in total. The minimum absolute atomic E-state index is 0. The lowest BCUT2D eigenvalue weighted by Crippen LogP contribution is -2.24. The molecule has 0 bridgehead atoms. The van der Waals surface area contributed by atoms with Crippen LogP contribution in [0.1, 0.15) is 9.67 Å². The van der Waals surface area contributed by atoms with Gasteiger partial charge in [-0.2, -0.15) is 0 Å². The fourth-order valence-corrected chi connectivity index (χ4v) is 4.05. The average Bonchev–Trinajstić information content (AvgIpc) is 3.04. The summed E-state index contributed by atoms with van der Waals surface area (Å²) >= 11 is 1.08. The molecule has 1 amide bonds. The maximum absolute atomic E-state index is 12.4. The zero-order valence-corrected chi connectivity index (χ0v) is 16.2. The fraction of sp³-hybridized carbons (Fsp3) is 0.267. The number of ether oxygens (including phenoxy) is 1. The number of anilines is 1. The summed E-state index contributed by atoms with van der Waals surface area (Å²) < 4.78 is 30.9. The Bertz CT molecular complexity index is 804. The van der Waals surface area contributed by atoms with Gasteiger partial charge in [0.25, 0.3) is 5.91 Å². The third-order valence-corrected chi connectivity index (χ3v) is 5.99. The first kappa shape index (κ1) is 21.4. The summed E-state index contributed by atoms with van der Waals surface area (Å²) in [6.45, 7) is 0.826. The highest BCUT2D eigenvalue weighted by molar-refractivity contribution is 7.89. The lowest BCUT2D eigenvalue weighted by atomic mass is 10.3. The molecule has 0 aliphatic heterocycles. The van der Waals surface area contributed by atoms with Gasteiger partial charge in [-0.1, -0.05) is 0 Å². The second-order valence-corrected chi connectivity index (χ2v) is 8.05. The van der Waals surface area contributed by atoms with E-state index in [0.717, 1.165) is 15.6 Å². The number of halogens is 1. The lowest BCUT2D eigenvalue weighted by molar-refractivity contribution is 0.102. The highest BCUT2D eigenvalue weighted by Gasteiger charge is 2.25. The number of sulfonamides is 1. The second-order valence-electron chi connectivity index (χ2n) is 5.02. The molecule has 0 unspecified atom stereocenters. The first-order valence-corrected chi connectivity index (χ1v) is 9.42. The molecule has 0 aliphatic carbocycles. The van der Waals surface area contributed by atoms with Crippen LogP contribution in [-0.4, -0.2) is 45.9 Å². The van der Waals surface area contributed by atoms with E-state index < -0.39 is 15.9 Å². The fourth-order valence-electron chi connectivity index (χ4n) is 1.86. The van der Waals surface area contributed by atoms with Crippen LogP contribution >= 0.6 is 23.7 Å². The molecule has 10 heteroatoms. The molecular weight excluding hydrogens is 386 g/mol. The molecule has 0 fully saturated rings. The maximum Gasteiger partial charge on any atom is 0.267 e. The molecule has 138 valence electrons. The Labute approximate surface area is 157 Å². The molecular formula is C15H20ClN3O4S2. The quantitative estimate of drug-likeness (QED) is 0.733. The number of thiophene rings is 1. The molecule has 1 heterocycles. The van der Waals surface area contributed by atoms with Gasteiger partial charge in [-0.15, -0.1) is 23.7 Å². The molecule has 2 aromatic rings. The molecule has 25 heavy (non-hydrogen) atoms. The predicted octanol–water partition coefficient (Wildman–Crippen LogP) is 2.01. The smallest absolute Gasteiger partial charge is 0.267 e. The van der Waals surface area contributed by atoms with E-state index in [9.17, 15) is 13.2 Å². The lowest BCUT2D eigenvalue weighted by Gasteiger charge is -2.12. The van der Waals surface area contributed by atoms with Crippen molar-refractivity contribution in [2.45, 2.75) is 4.90 Å². The number of hydrogen-bond acceptors (Lipinski definition) is 6. The Morgan fingerprint density at radius 1 is 1.24 bits per heavy atom. The van der Waals surface area contributed by atoms with Gasteiger partial charge < -0.3 is 15.8 Å². The van der Waals surface area contributed by atoms with Crippen molar-refractivity contribution < 1.29 is 17.9 Å². The molecule has 0 atom stereocenters. The average molecular weight is 406 g/mol. The van der Waals surface area contributed by atoms with Gasteiger partial charge in [0.05, 0.1) is 0 Å². The number of carbonyl (C=O) groups excluding carboxylic acids is 1. The van der Waals surface area contributed by atoms with Gasteiger partial charge in [-0.3, -0.25) is 4.79 Å². The van der Waals surface area contributed by atoms with Gasteiger partial charge in [-0.25, -0.2) is 12.7 Å². The van der Waals surface area contributed by atoms with Crippen LogP contribution in [0.5, 0.6) is 5.75 Å². The minimum Gasteiger partial charge on any atom is -0.492 e. The molecule has 7 nitrogen and oxygen atoms in total. The van der Waals surface area contributed by atoms with E-state index in [1.807, 2.05) is 0 Å². The van der Waals surface area contributed by atoms with E-state index in [1.165, 1.54) is 20.2 Å². The van der Waals surface area contributed by atoms with Crippen molar-refractivity contribution >= 4 is 45.4 Å². The van der Waals surface area contributed by atoms with Crippen molar-refractivity contribution in [2.75, 3.05) is 32.6 Å². The molecule has 0 saturated carbocycles. The van der Waals surface area contributed by atoms with Gasteiger partial charge in [0, 0.05) is 26.3 Å². The predicted molar refractivity (Wildman–Crippen MR) is 101 cm³/mol. The van der Waals surface area contributed by atoms with Crippen molar-refractivity contribution in [1.29, 1.82) is 0 Å². The van der Waals surface area contributed by atoms with E-state index >= 15 is 0 Å². The largest absolute Gasteiger partial charge is 0.492 e. The number of nitrogens with one attached hydrogen (secondary N) is 1. The highest BCUT2D eigenvalue weighted by atomic mass is 35.5. The van der Waals surface area contributed by atoms with E-state index in [0.29, 0.717) is 24.6 Å². The number of nitrogens with two attached hydrogens (primary N) is 1. The zero-order valence-electron chi connectivity index (χ0n) is 13.8. The van der Waals surface area contributed by atoms with Crippen LogP contribution < -0.4 is 15.8 Å².